The first-order valence-corrected chi connectivity index (χ1v) is 10.4. The van der Waals surface area contributed by atoms with Crippen molar-refractivity contribution in [2.75, 3.05) is 0 Å². The van der Waals surface area contributed by atoms with Crippen molar-refractivity contribution in [1.29, 1.82) is 0 Å². The van der Waals surface area contributed by atoms with Gasteiger partial charge in [-0.05, 0) is 37.6 Å². The van der Waals surface area contributed by atoms with Crippen molar-refractivity contribution in [3.8, 4) is 0 Å². The van der Waals surface area contributed by atoms with Crippen molar-refractivity contribution in [1.82, 2.24) is 14.5 Å². The molecule has 0 spiro atoms. The van der Waals surface area contributed by atoms with Crippen molar-refractivity contribution in [3.63, 3.8) is 0 Å². The number of hydrogen-bond donors (Lipinski definition) is 0. The lowest BCUT2D eigenvalue weighted by atomic mass is 10.1. The van der Waals surface area contributed by atoms with Crippen LogP contribution in [0.1, 0.15) is 57.4 Å². The second-order valence-corrected chi connectivity index (χ2v) is 7.68. The molecule has 3 nitrogen and oxygen atoms in total. The lowest BCUT2D eigenvalue weighted by Crippen LogP contribution is -2.00. The van der Waals surface area contributed by atoms with Gasteiger partial charge in [-0.1, -0.05) is 69.2 Å². The molecule has 0 aliphatic rings. The van der Waals surface area contributed by atoms with Gasteiger partial charge in [0.15, 0.2) is 5.65 Å². The van der Waals surface area contributed by atoms with Gasteiger partial charge in [0.2, 0.25) is 0 Å². The summed E-state index contributed by atoms with van der Waals surface area (Å²) in [6, 6.07) is 14.9. The molecule has 0 saturated heterocycles. The number of para-hydroxylation sites is 2. The van der Waals surface area contributed by atoms with Gasteiger partial charge in [-0.3, -0.25) is 0 Å². The van der Waals surface area contributed by atoms with E-state index in [9.17, 15) is 0 Å². The summed E-state index contributed by atoms with van der Waals surface area (Å²) < 4.78 is 2.38. The van der Waals surface area contributed by atoms with Crippen molar-refractivity contribution >= 4 is 33.1 Å². The molecule has 0 fully saturated rings. The summed E-state index contributed by atoms with van der Waals surface area (Å²) in [5.41, 5.74) is 6.55. The summed E-state index contributed by atoms with van der Waals surface area (Å²) in [5.74, 6) is 0. The Kier molecular flexibility index (Phi) is 5.38. The Morgan fingerprint density at radius 2 is 1.52 bits per heavy atom. The van der Waals surface area contributed by atoms with E-state index in [1.54, 1.807) is 0 Å². The molecule has 0 atom stereocenters. The van der Waals surface area contributed by atoms with Crippen LogP contribution in [-0.4, -0.2) is 14.5 Å². The summed E-state index contributed by atoms with van der Waals surface area (Å²) >= 11 is 0. The first-order chi connectivity index (χ1) is 13.3. The Morgan fingerprint density at radius 1 is 0.815 bits per heavy atom. The number of aryl methyl sites for hydroxylation is 2. The third-order valence-corrected chi connectivity index (χ3v) is 5.49. The molecule has 2 heterocycles. The minimum absolute atomic E-state index is 0.974. The third-order valence-electron chi connectivity index (χ3n) is 5.49. The fourth-order valence-corrected chi connectivity index (χ4v) is 4.00. The van der Waals surface area contributed by atoms with Gasteiger partial charge in [0.25, 0.3) is 0 Å². The summed E-state index contributed by atoms with van der Waals surface area (Å²) in [7, 11) is 0. The number of fused-ring (bicyclic) bond motifs is 4. The second kappa shape index (κ2) is 8.08. The van der Waals surface area contributed by atoms with Crippen LogP contribution in [0.2, 0.25) is 0 Å². The second-order valence-electron chi connectivity index (χ2n) is 7.68. The first kappa shape index (κ1) is 18.0. The number of unbranched alkanes of at least 4 members (excludes halogenated alkanes) is 6. The molecule has 27 heavy (non-hydrogen) atoms. The number of benzene rings is 2. The smallest absolute Gasteiger partial charge is 0.160 e. The van der Waals surface area contributed by atoms with Gasteiger partial charge in [0.05, 0.1) is 16.6 Å². The minimum atomic E-state index is 0.974. The molecule has 3 heteroatoms. The Hall–Kier alpha value is -2.42. The molecule has 0 N–H and O–H groups in total. The van der Waals surface area contributed by atoms with Crippen molar-refractivity contribution in [3.05, 3.63) is 48.0 Å². The van der Waals surface area contributed by atoms with Crippen LogP contribution < -0.4 is 0 Å². The highest BCUT2D eigenvalue weighted by Crippen LogP contribution is 2.29. The van der Waals surface area contributed by atoms with Crippen LogP contribution in [0, 0.1) is 6.92 Å². The predicted octanol–water partition coefficient (Wildman–Crippen LogP) is 6.80. The van der Waals surface area contributed by atoms with Crippen LogP contribution in [0.25, 0.3) is 33.1 Å². The van der Waals surface area contributed by atoms with E-state index in [1.807, 2.05) is 12.1 Å². The molecule has 140 valence electrons. The number of aromatic nitrogens is 3. The third kappa shape index (κ3) is 3.69. The molecule has 4 aromatic rings. The van der Waals surface area contributed by atoms with Gasteiger partial charge >= 0.3 is 0 Å². The van der Waals surface area contributed by atoms with Gasteiger partial charge < -0.3 is 4.57 Å². The van der Waals surface area contributed by atoms with Crippen LogP contribution in [0.3, 0.4) is 0 Å². The minimum Gasteiger partial charge on any atom is -0.324 e. The monoisotopic (exact) mass is 359 g/mol. The number of hydrogen-bond acceptors (Lipinski definition) is 2. The van der Waals surface area contributed by atoms with E-state index in [4.69, 9.17) is 9.97 Å². The quantitative estimate of drug-likeness (QED) is 0.324. The molecule has 0 bridgehead atoms. The topological polar surface area (TPSA) is 30.7 Å². The van der Waals surface area contributed by atoms with Crippen LogP contribution in [0.15, 0.2) is 42.5 Å². The highest BCUT2D eigenvalue weighted by atomic mass is 15.1. The molecule has 2 aromatic carbocycles. The summed E-state index contributed by atoms with van der Waals surface area (Å²) in [6.07, 6.45) is 9.26. The van der Waals surface area contributed by atoms with Gasteiger partial charge in [0.1, 0.15) is 5.52 Å². The fraction of sp³-hybridized carbons (Fsp3) is 0.417. The van der Waals surface area contributed by atoms with E-state index >= 15 is 0 Å². The molecule has 0 amide bonds. The standard InChI is InChI=1S/C24H29N3/c1-3-4-5-6-7-8-11-16-27-22-15-14-18(2)17-19(22)23-24(27)26-21-13-10-9-12-20(21)25-23/h9-10,12-15,17H,3-8,11,16H2,1-2H3. The van der Waals surface area contributed by atoms with Crippen LogP contribution >= 0.6 is 0 Å². The molecule has 0 aliphatic carbocycles. The lowest BCUT2D eigenvalue weighted by Gasteiger charge is -2.07. The van der Waals surface area contributed by atoms with Crippen molar-refractivity contribution < 1.29 is 0 Å². The predicted molar refractivity (Wildman–Crippen MR) is 115 cm³/mol. The fourth-order valence-electron chi connectivity index (χ4n) is 4.00. The lowest BCUT2D eigenvalue weighted by molar-refractivity contribution is 0.560. The van der Waals surface area contributed by atoms with Gasteiger partial charge in [-0.25, -0.2) is 9.97 Å². The molecule has 0 aliphatic heterocycles. The highest BCUT2D eigenvalue weighted by molar-refractivity contribution is 6.06. The Labute approximate surface area is 161 Å². The Balaban J connectivity index is 1.66. The van der Waals surface area contributed by atoms with E-state index in [0.717, 1.165) is 28.7 Å². The maximum absolute atomic E-state index is 4.98. The normalized spacial score (nSPS) is 11.8. The van der Waals surface area contributed by atoms with Crippen molar-refractivity contribution in [2.45, 2.75) is 65.3 Å². The van der Waals surface area contributed by atoms with E-state index in [0.29, 0.717) is 0 Å². The molecular weight excluding hydrogens is 330 g/mol. The summed E-state index contributed by atoms with van der Waals surface area (Å²) in [4.78, 5) is 9.95. The van der Waals surface area contributed by atoms with Crippen LogP contribution in [-0.2, 0) is 6.54 Å². The summed E-state index contributed by atoms with van der Waals surface area (Å²) in [6.45, 7) is 5.44. The Morgan fingerprint density at radius 3 is 2.30 bits per heavy atom. The molecule has 0 radical (unpaired) electrons. The Bertz CT molecular complexity index is 1060. The number of nitrogens with zero attached hydrogens (tertiary/aromatic N) is 3. The number of rotatable bonds is 8. The molecule has 0 saturated carbocycles. The van der Waals surface area contributed by atoms with Gasteiger partial charge in [-0.15, -0.1) is 0 Å². The zero-order chi connectivity index (χ0) is 18.6. The van der Waals surface area contributed by atoms with Crippen LogP contribution in [0.4, 0.5) is 0 Å². The maximum atomic E-state index is 4.98. The molecule has 2 aromatic heterocycles. The van der Waals surface area contributed by atoms with E-state index in [1.165, 1.54) is 61.4 Å². The largest absolute Gasteiger partial charge is 0.324 e. The maximum Gasteiger partial charge on any atom is 0.160 e. The van der Waals surface area contributed by atoms with Crippen molar-refractivity contribution in [2.24, 2.45) is 0 Å². The highest BCUT2D eigenvalue weighted by Gasteiger charge is 2.14. The average molecular weight is 360 g/mol. The average Bonchev–Trinajstić information content (AvgIpc) is 2.98. The SMILES string of the molecule is CCCCCCCCCn1c2ccc(C)cc2c2nc3ccccc3nc21. The zero-order valence-electron chi connectivity index (χ0n) is 16.5. The van der Waals surface area contributed by atoms with Gasteiger partial charge in [0, 0.05) is 11.9 Å². The van der Waals surface area contributed by atoms with E-state index < -0.39 is 0 Å². The van der Waals surface area contributed by atoms with E-state index in [-0.39, 0.29) is 0 Å². The van der Waals surface area contributed by atoms with Gasteiger partial charge in [-0.2, -0.15) is 0 Å². The van der Waals surface area contributed by atoms with E-state index in [2.05, 4.69) is 48.7 Å². The summed E-state index contributed by atoms with van der Waals surface area (Å²) in [5, 5.41) is 1.23. The first-order valence-electron chi connectivity index (χ1n) is 10.4. The molecular formula is C24H29N3. The zero-order valence-corrected chi connectivity index (χ0v) is 16.5. The molecule has 0 unspecified atom stereocenters. The van der Waals surface area contributed by atoms with Crippen LogP contribution in [0.5, 0.6) is 0 Å². The molecule has 4 rings (SSSR count).